The van der Waals surface area contributed by atoms with Gasteiger partial charge in [-0.15, -0.1) is 0 Å². The second-order valence-electron chi connectivity index (χ2n) is 10.3. The number of rotatable bonds is 5. The Morgan fingerprint density at radius 3 is 2.36 bits per heavy atom. The van der Waals surface area contributed by atoms with E-state index < -0.39 is 0 Å². The van der Waals surface area contributed by atoms with Gasteiger partial charge in [-0.3, -0.25) is 9.59 Å². The first-order valence-corrected chi connectivity index (χ1v) is 12.8. The summed E-state index contributed by atoms with van der Waals surface area (Å²) < 4.78 is 5.38. The van der Waals surface area contributed by atoms with E-state index in [0.717, 1.165) is 54.3 Å². The predicted molar refractivity (Wildman–Crippen MR) is 137 cm³/mol. The molecule has 6 rings (SSSR count). The van der Waals surface area contributed by atoms with Crippen LogP contribution in [0.5, 0.6) is 0 Å². The fourth-order valence-electron chi connectivity index (χ4n) is 5.13. The lowest BCUT2D eigenvalue weighted by Crippen LogP contribution is -2.50. The average Bonchev–Trinajstić information content (AvgIpc) is 3.50. The number of piperazine rings is 1. The molecule has 3 aromatic rings. The number of carbonyl (C=O) groups excluding carboxylic acids is 2. The van der Waals surface area contributed by atoms with Crippen LogP contribution < -0.4 is 9.80 Å². The van der Waals surface area contributed by atoms with Crippen molar-refractivity contribution in [3.63, 3.8) is 0 Å². The van der Waals surface area contributed by atoms with E-state index in [1.165, 1.54) is 5.56 Å². The Morgan fingerprint density at radius 2 is 1.67 bits per heavy atom. The van der Waals surface area contributed by atoms with Crippen LogP contribution in [-0.2, 0) is 9.59 Å². The summed E-state index contributed by atoms with van der Waals surface area (Å²) in [6, 6.07) is 14.3. The van der Waals surface area contributed by atoms with Gasteiger partial charge in [0.25, 0.3) is 0 Å². The normalized spacial score (nSPS) is 20.3. The molecular formula is C28H31N5O3. The highest BCUT2D eigenvalue weighted by Crippen LogP contribution is 2.39. The van der Waals surface area contributed by atoms with E-state index in [9.17, 15) is 9.59 Å². The van der Waals surface area contributed by atoms with Crippen LogP contribution in [0.3, 0.4) is 0 Å². The predicted octanol–water partition coefficient (Wildman–Crippen LogP) is 3.93. The molecule has 2 amide bonds. The SMILES string of the molecule is Cc1ccc(N2C[C@H](C(=O)N3CCN(c4ccc(-c5noc(C6CC6)n5)cc4)CC3)CC2=O)cc1C. The van der Waals surface area contributed by atoms with E-state index in [4.69, 9.17) is 4.52 Å². The van der Waals surface area contributed by atoms with Crippen molar-refractivity contribution in [1.29, 1.82) is 0 Å². The molecule has 3 aliphatic rings. The Bertz CT molecular complexity index is 1290. The minimum absolute atomic E-state index is 0.0289. The van der Waals surface area contributed by atoms with Gasteiger partial charge >= 0.3 is 0 Å². The number of amides is 2. The lowest BCUT2D eigenvalue weighted by molar-refractivity contribution is -0.136. The van der Waals surface area contributed by atoms with Gasteiger partial charge in [-0.1, -0.05) is 11.2 Å². The molecule has 0 unspecified atom stereocenters. The van der Waals surface area contributed by atoms with Crippen LogP contribution in [0.2, 0.25) is 0 Å². The first kappa shape index (κ1) is 22.8. The van der Waals surface area contributed by atoms with Crippen LogP contribution in [0.4, 0.5) is 11.4 Å². The number of anilines is 2. The fraction of sp³-hybridized carbons (Fsp3) is 0.429. The smallest absolute Gasteiger partial charge is 0.230 e. The molecule has 0 N–H and O–H groups in total. The number of aromatic nitrogens is 2. The van der Waals surface area contributed by atoms with Gasteiger partial charge in [-0.25, -0.2) is 0 Å². The summed E-state index contributed by atoms with van der Waals surface area (Å²) in [6.45, 7) is 7.41. The maximum absolute atomic E-state index is 13.2. The van der Waals surface area contributed by atoms with Gasteiger partial charge in [-0.2, -0.15) is 4.98 Å². The number of hydrogen-bond acceptors (Lipinski definition) is 6. The first-order chi connectivity index (χ1) is 17.5. The van der Waals surface area contributed by atoms with Gasteiger partial charge < -0.3 is 19.2 Å². The van der Waals surface area contributed by atoms with Crippen molar-refractivity contribution in [3.05, 3.63) is 59.5 Å². The molecule has 0 radical (unpaired) electrons. The summed E-state index contributed by atoms with van der Waals surface area (Å²) in [4.78, 5) is 36.5. The van der Waals surface area contributed by atoms with Crippen LogP contribution in [0.25, 0.3) is 11.4 Å². The number of hydrogen-bond donors (Lipinski definition) is 0. The minimum atomic E-state index is -0.277. The summed E-state index contributed by atoms with van der Waals surface area (Å²) >= 11 is 0. The Kier molecular flexibility index (Phi) is 5.74. The van der Waals surface area contributed by atoms with E-state index in [2.05, 4.69) is 34.1 Å². The maximum Gasteiger partial charge on any atom is 0.230 e. The molecule has 8 nitrogen and oxygen atoms in total. The zero-order valence-electron chi connectivity index (χ0n) is 20.8. The van der Waals surface area contributed by atoms with E-state index in [1.54, 1.807) is 4.90 Å². The molecular weight excluding hydrogens is 454 g/mol. The van der Waals surface area contributed by atoms with Crippen LogP contribution in [0.15, 0.2) is 47.0 Å². The molecule has 3 fully saturated rings. The van der Waals surface area contributed by atoms with Crippen molar-refractivity contribution in [3.8, 4) is 11.4 Å². The van der Waals surface area contributed by atoms with Crippen molar-refractivity contribution in [2.24, 2.45) is 5.92 Å². The lowest BCUT2D eigenvalue weighted by Gasteiger charge is -2.37. The fourth-order valence-corrected chi connectivity index (χ4v) is 5.13. The third-order valence-electron chi connectivity index (χ3n) is 7.73. The average molecular weight is 486 g/mol. The molecule has 0 bridgehead atoms. The molecule has 3 heterocycles. The van der Waals surface area contributed by atoms with Gasteiger partial charge in [0.2, 0.25) is 23.5 Å². The molecule has 186 valence electrons. The Morgan fingerprint density at radius 1 is 0.944 bits per heavy atom. The van der Waals surface area contributed by atoms with Crippen LogP contribution in [0.1, 0.15) is 42.2 Å². The summed E-state index contributed by atoms with van der Waals surface area (Å²) in [7, 11) is 0. The van der Waals surface area contributed by atoms with Gasteiger partial charge in [0.05, 0.1) is 5.92 Å². The lowest BCUT2D eigenvalue weighted by atomic mass is 10.1. The van der Waals surface area contributed by atoms with Gasteiger partial charge in [0, 0.05) is 62.0 Å². The third kappa shape index (κ3) is 4.36. The molecule has 8 heteroatoms. The van der Waals surface area contributed by atoms with Crippen LogP contribution in [-0.4, -0.2) is 59.6 Å². The number of nitrogens with zero attached hydrogens (tertiary/aromatic N) is 5. The molecule has 1 aromatic heterocycles. The summed E-state index contributed by atoms with van der Waals surface area (Å²) in [5.41, 5.74) is 5.30. The maximum atomic E-state index is 13.2. The second kappa shape index (κ2) is 9.08. The quantitative estimate of drug-likeness (QED) is 0.545. The van der Waals surface area contributed by atoms with Crippen LogP contribution in [0, 0.1) is 19.8 Å². The van der Waals surface area contributed by atoms with E-state index in [-0.39, 0.29) is 24.2 Å². The summed E-state index contributed by atoms with van der Waals surface area (Å²) in [6.07, 6.45) is 2.56. The van der Waals surface area contributed by atoms with Gasteiger partial charge in [0.1, 0.15) is 0 Å². The molecule has 2 aliphatic heterocycles. The largest absolute Gasteiger partial charge is 0.368 e. The number of carbonyl (C=O) groups is 2. The first-order valence-electron chi connectivity index (χ1n) is 12.8. The highest BCUT2D eigenvalue weighted by molar-refractivity contribution is 6.00. The van der Waals surface area contributed by atoms with Crippen molar-refractivity contribution < 1.29 is 14.1 Å². The molecule has 1 saturated carbocycles. The van der Waals surface area contributed by atoms with Crippen LogP contribution >= 0.6 is 0 Å². The topological polar surface area (TPSA) is 82.8 Å². The van der Waals surface area contributed by atoms with E-state index >= 15 is 0 Å². The van der Waals surface area contributed by atoms with E-state index in [1.807, 2.05) is 42.2 Å². The monoisotopic (exact) mass is 485 g/mol. The highest BCUT2D eigenvalue weighted by atomic mass is 16.5. The number of aryl methyl sites for hydroxylation is 2. The Balaban J connectivity index is 1.05. The van der Waals surface area contributed by atoms with Crippen molar-refractivity contribution in [2.75, 3.05) is 42.5 Å². The second-order valence-corrected chi connectivity index (χ2v) is 10.3. The van der Waals surface area contributed by atoms with Gasteiger partial charge in [-0.05, 0) is 74.2 Å². The third-order valence-corrected chi connectivity index (χ3v) is 7.73. The Labute approximate surface area is 210 Å². The van der Waals surface area contributed by atoms with Gasteiger partial charge in [0.15, 0.2) is 0 Å². The highest BCUT2D eigenvalue weighted by Gasteiger charge is 2.38. The summed E-state index contributed by atoms with van der Waals surface area (Å²) in [5.74, 6) is 1.67. The Hall–Kier alpha value is -3.68. The number of benzene rings is 2. The zero-order valence-corrected chi connectivity index (χ0v) is 20.8. The molecule has 1 aliphatic carbocycles. The standard InChI is InChI=1S/C28H31N5O3/c1-18-3-8-24(15-19(18)2)33-17-22(16-25(33)34)28(35)32-13-11-31(12-14-32)23-9-6-20(7-10-23)26-29-27(36-30-26)21-4-5-21/h3,6-10,15,21-22H,4-5,11-14,16-17H2,1-2H3/t22-/m1/s1. The van der Waals surface area contributed by atoms with Crippen molar-refractivity contribution >= 4 is 23.2 Å². The molecule has 0 spiro atoms. The van der Waals surface area contributed by atoms with Crippen molar-refractivity contribution in [2.45, 2.75) is 39.0 Å². The van der Waals surface area contributed by atoms with Crippen molar-refractivity contribution in [1.82, 2.24) is 15.0 Å². The van der Waals surface area contributed by atoms with E-state index in [0.29, 0.717) is 31.4 Å². The molecule has 1 atom stereocenters. The summed E-state index contributed by atoms with van der Waals surface area (Å²) in [5, 5.41) is 4.12. The molecule has 36 heavy (non-hydrogen) atoms. The molecule has 2 saturated heterocycles. The molecule has 2 aromatic carbocycles. The minimum Gasteiger partial charge on any atom is -0.368 e. The zero-order chi connectivity index (χ0) is 24.8.